The summed E-state index contributed by atoms with van der Waals surface area (Å²) in [5, 5.41) is 9.79. The second-order valence-corrected chi connectivity index (χ2v) is 3.96. The predicted molar refractivity (Wildman–Crippen MR) is 58.9 cm³/mol. The van der Waals surface area contributed by atoms with Crippen molar-refractivity contribution >= 4 is 15.9 Å². The first-order chi connectivity index (χ1) is 7.34. The zero-order valence-electron chi connectivity index (χ0n) is 7.94. The van der Waals surface area contributed by atoms with Crippen LogP contribution in [0.3, 0.4) is 0 Å². The highest BCUT2D eigenvalue weighted by Crippen LogP contribution is 2.09. The number of aromatic amines is 1. The minimum Gasteiger partial charge on any atom is -0.306 e. The lowest BCUT2D eigenvalue weighted by Gasteiger charge is -2.02. The Morgan fingerprint density at radius 1 is 1.33 bits per heavy atom. The maximum Gasteiger partial charge on any atom is 0.138 e. The van der Waals surface area contributed by atoms with E-state index in [0.29, 0.717) is 6.54 Å². The second kappa shape index (κ2) is 4.99. The van der Waals surface area contributed by atoms with E-state index in [1.807, 2.05) is 12.3 Å². The van der Waals surface area contributed by atoms with E-state index < -0.39 is 0 Å². The number of H-pyrrole nitrogens is 1. The first-order valence-corrected chi connectivity index (χ1v) is 5.28. The molecular weight excluding hydrogens is 258 g/mol. The molecule has 6 heteroatoms. The summed E-state index contributed by atoms with van der Waals surface area (Å²) in [6.45, 7) is 1.43. The second-order valence-electron chi connectivity index (χ2n) is 3.05. The summed E-state index contributed by atoms with van der Waals surface area (Å²) in [5.74, 6) is 0.831. The van der Waals surface area contributed by atoms with Crippen LogP contribution in [0.5, 0.6) is 0 Å². The molecule has 0 aromatic carbocycles. The van der Waals surface area contributed by atoms with Gasteiger partial charge in [-0.05, 0) is 27.6 Å². The van der Waals surface area contributed by atoms with Gasteiger partial charge in [0.1, 0.15) is 12.2 Å². The molecule has 78 valence electrons. The third-order valence-electron chi connectivity index (χ3n) is 1.85. The SMILES string of the molecule is Brc1cncc(CNCc2ncn[nH]2)c1. The Morgan fingerprint density at radius 3 is 3.00 bits per heavy atom. The Kier molecular flexibility index (Phi) is 3.41. The summed E-state index contributed by atoms with van der Waals surface area (Å²) < 4.78 is 0.987. The third-order valence-corrected chi connectivity index (χ3v) is 2.28. The van der Waals surface area contributed by atoms with Gasteiger partial charge in [-0.1, -0.05) is 0 Å². The molecule has 2 aromatic heterocycles. The van der Waals surface area contributed by atoms with Crippen molar-refractivity contribution in [1.82, 2.24) is 25.5 Å². The van der Waals surface area contributed by atoms with Crippen LogP contribution in [0.2, 0.25) is 0 Å². The smallest absolute Gasteiger partial charge is 0.138 e. The first-order valence-electron chi connectivity index (χ1n) is 4.49. The van der Waals surface area contributed by atoms with E-state index in [2.05, 4.69) is 41.4 Å². The number of hydrogen-bond acceptors (Lipinski definition) is 4. The summed E-state index contributed by atoms with van der Waals surface area (Å²) in [4.78, 5) is 8.09. The molecule has 0 spiro atoms. The number of rotatable bonds is 4. The van der Waals surface area contributed by atoms with Crippen molar-refractivity contribution in [1.29, 1.82) is 0 Å². The Balaban J connectivity index is 1.83. The maximum atomic E-state index is 4.08. The molecule has 2 heterocycles. The van der Waals surface area contributed by atoms with E-state index >= 15 is 0 Å². The molecule has 0 aliphatic heterocycles. The van der Waals surface area contributed by atoms with Crippen molar-refractivity contribution in [2.45, 2.75) is 13.1 Å². The zero-order valence-corrected chi connectivity index (χ0v) is 9.53. The van der Waals surface area contributed by atoms with Crippen molar-refractivity contribution < 1.29 is 0 Å². The van der Waals surface area contributed by atoms with Crippen LogP contribution in [0.4, 0.5) is 0 Å². The quantitative estimate of drug-likeness (QED) is 0.875. The van der Waals surface area contributed by atoms with Crippen molar-refractivity contribution in [2.75, 3.05) is 0 Å². The molecule has 0 atom stereocenters. The van der Waals surface area contributed by atoms with Crippen LogP contribution in [-0.2, 0) is 13.1 Å². The Morgan fingerprint density at radius 2 is 2.27 bits per heavy atom. The summed E-state index contributed by atoms with van der Waals surface area (Å²) >= 11 is 3.37. The Hall–Kier alpha value is -1.27. The van der Waals surface area contributed by atoms with Gasteiger partial charge in [-0.3, -0.25) is 10.1 Å². The van der Waals surface area contributed by atoms with Gasteiger partial charge < -0.3 is 5.32 Å². The highest BCUT2D eigenvalue weighted by Gasteiger charge is 1.96. The normalized spacial score (nSPS) is 10.5. The third kappa shape index (κ3) is 3.10. The van der Waals surface area contributed by atoms with Gasteiger partial charge in [0.25, 0.3) is 0 Å². The standard InChI is InChI=1S/C9H10BrN5/c10-8-1-7(2-11-4-8)3-12-5-9-13-6-14-15-9/h1-2,4,6,12H,3,5H2,(H,13,14,15). The van der Waals surface area contributed by atoms with Crippen LogP contribution < -0.4 is 5.32 Å². The Bertz CT molecular complexity index is 414. The van der Waals surface area contributed by atoms with Gasteiger partial charge in [0.05, 0.1) is 6.54 Å². The van der Waals surface area contributed by atoms with Crippen LogP contribution in [0, 0.1) is 0 Å². The molecule has 0 bridgehead atoms. The van der Waals surface area contributed by atoms with Crippen molar-refractivity contribution in [3.63, 3.8) is 0 Å². The van der Waals surface area contributed by atoms with Crippen molar-refractivity contribution in [2.24, 2.45) is 0 Å². The molecule has 2 N–H and O–H groups in total. The highest BCUT2D eigenvalue weighted by molar-refractivity contribution is 9.10. The number of hydrogen-bond donors (Lipinski definition) is 2. The van der Waals surface area contributed by atoms with Crippen LogP contribution in [0.15, 0.2) is 29.3 Å². The molecule has 0 fully saturated rings. The fraction of sp³-hybridized carbons (Fsp3) is 0.222. The fourth-order valence-corrected chi connectivity index (χ4v) is 1.61. The monoisotopic (exact) mass is 267 g/mol. The van der Waals surface area contributed by atoms with E-state index in [1.54, 1.807) is 6.20 Å². The van der Waals surface area contributed by atoms with E-state index in [0.717, 1.165) is 22.4 Å². The van der Waals surface area contributed by atoms with Crippen LogP contribution in [0.25, 0.3) is 0 Å². The molecule has 2 rings (SSSR count). The van der Waals surface area contributed by atoms with Crippen LogP contribution in [0.1, 0.15) is 11.4 Å². The molecule has 2 aromatic rings. The van der Waals surface area contributed by atoms with Crippen molar-refractivity contribution in [3.8, 4) is 0 Å². The minimum absolute atomic E-state index is 0.673. The highest BCUT2D eigenvalue weighted by atomic mass is 79.9. The fourth-order valence-electron chi connectivity index (χ4n) is 1.19. The first kappa shape index (κ1) is 10.3. The van der Waals surface area contributed by atoms with Crippen molar-refractivity contribution in [3.05, 3.63) is 40.6 Å². The largest absolute Gasteiger partial charge is 0.306 e. The molecule has 0 aliphatic carbocycles. The zero-order chi connectivity index (χ0) is 10.5. The van der Waals surface area contributed by atoms with Gasteiger partial charge in [0.2, 0.25) is 0 Å². The molecule has 0 amide bonds. The average molecular weight is 268 g/mol. The summed E-state index contributed by atoms with van der Waals surface area (Å²) in [5.41, 5.74) is 1.13. The number of nitrogens with zero attached hydrogens (tertiary/aromatic N) is 3. The number of halogens is 1. The summed E-state index contributed by atoms with van der Waals surface area (Å²) in [6.07, 6.45) is 5.09. The molecule has 0 saturated heterocycles. The molecule has 0 unspecified atom stereocenters. The van der Waals surface area contributed by atoms with E-state index in [9.17, 15) is 0 Å². The average Bonchev–Trinajstić information content (AvgIpc) is 2.71. The molecular formula is C9H10BrN5. The van der Waals surface area contributed by atoms with Gasteiger partial charge in [-0.2, -0.15) is 5.10 Å². The Labute approximate surface area is 95.5 Å². The van der Waals surface area contributed by atoms with E-state index in [1.165, 1.54) is 6.33 Å². The molecule has 15 heavy (non-hydrogen) atoms. The van der Waals surface area contributed by atoms with E-state index in [4.69, 9.17) is 0 Å². The van der Waals surface area contributed by atoms with Gasteiger partial charge in [0, 0.05) is 23.4 Å². The lowest BCUT2D eigenvalue weighted by atomic mass is 10.3. The molecule has 0 saturated carbocycles. The minimum atomic E-state index is 0.673. The lowest BCUT2D eigenvalue weighted by Crippen LogP contribution is -2.13. The number of nitrogens with one attached hydrogen (secondary N) is 2. The van der Waals surface area contributed by atoms with Crippen LogP contribution >= 0.6 is 15.9 Å². The lowest BCUT2D eigenvalue weighted by molar-refractivity contribution is 0.663. The van der Waals surface area contributed by atoms with Crippen LogP contribution in [-0.4, -0.2) is 20.2 Å². The molecule has 0 aliphatic rings. The van der Waals surface area contributed by atoms with Gasteiger partial charge >= 0.3 is 0 Å². The number of pyridine rings is 1. The van der Waals surface area contributed by atoms with Gasteiger partial charge in [-0.25, -0.2) is 4.98 Å². The number of aromatic nitrogens is 4. The molecule has 0 radical (unpaired) electrons. The molecule has 5 nitrogen and oxygen atoms in total. The maximum absolute atomic E-state index is 4.08. The van der Waals surface area contributed by atoms with E-state index in [-0.39, 0.29) is 0 Å². The van der Waals surface area contributed by atoms with Gasteiger partial charge in [-0.15, -0.1) is 0 Å². The summed E-state index contributed by atoms with van der Waals surface area (Å²) in [7, 11) is 0. The topological polar surface area (TPSA) is 66.5 Å². The van der Waals surface area contributed by atoms with Gasteiger partial charge in [0.15, 0.2) is 0 Å². The predicted octanol–water partition coefficient (Wildman–Crippen LogP) is 1.25. The summed E-state index contributed by atoms with van der Waals surface area (Å²) in [6, 6.07) is 2.03.